The molecule has 0 saturated carbocycles. The van der Waals surface area contributed by atoms with Crippen LogP contribution in [-0.4, -0.2) is 63.3 Å². The molecule has 102 valence electrons. The first-order valence-corrected chi connectivity index (χ1v) is 6.56. The van der Waals surface area contributed by atoms with E-state index in [4.69, 9.17) is 14.6 Å². The second-order valence-corrected chi connectivity index (χ2v) is 4.51. The van der Waals surface area contributed by atoms with Gasteiger partial charge in [-0.3, -0.25) is 0 Å². The predicted octanol–water partition coefficient (Wildman–Crippen LogP) is -0.258. The summed E-state index contributed by atoms with van der Waals surface area (Å²) in [6.07, 6.45) is 2.08. The molecule has 2 atom stereocenters. The van der Waals surface area contributed by atoms with Crippen LogP contribution in [0.2, 0.25) is 0 Å². The lowest BCUT2D eigenvalue weighted by Gasteiger charge is -2.26. The van der Waals surface area contributed by atoms with E-state index in [1.54, 1.807) is 0 Å². The smallest absolute Gasteiger partial charge is 0.0697 e. The van der Waals surface area contributed by atoms with E-state index in [9.17, 15) is 0 Å². The zero-order chi connectivity index (χ0) is 12.3. The first-order valence-electron chi connectivity index (χ1n) is 6.56. The Hall–Kier alpha value is -0.200. The number of rotatable bonds is 9. The average molecular weight is 246 g/mol. The zero-order valence-electron chi connectivity index (χ0n) is 10.8. The fraction of sp³-hybridized carbons (Fsp3) is 1.00. The third-order valence-corrected chi connectivity index (χ3v) is 2.83. The summed E-state index contributed by atoms with van der Waals surface area (Å²) < 4.78 is 10.6. The van der Waals surface area contributed by atoms with Crippen LogP contribution in [0.25, 0.3) is 0 Å². The second kappa shape index (κ2) is 9.79. The van der Waals surface area contributed by atoms with Crippen LogP contribution in [0.1, 0.15) is 19.8 Å². The molecule has 2 unspecified atom stereocenters. The molecule has 0 aliphatic carbocycles. The summed E-state index contributed by atoms with van der Waals surface area (Å²) in [7, 11) is 0. The summed E-state index contributed by atoms with van der Waals surface area (Å²) in [6, 6.07) is 0.976. The molecule has 3 N–H and O–H groups in total. The largest absolute Gasteiger partial charge is 0.394 e. The maximum Gasteiger partial charge on any atom is 0.0697 e. The zero-order valence-corrected chi connectivity index (χ0v) is 10.8. The molecule has 1 aliphatic heterocycles. The van der Waals surface area contributed by atoms with Gasteiger partial charge in [0.2, 0.25) is 0 Å². The molecular formula is C12H26N2O3. The number of hydrogen-bond acceptors (Lipinski definition) is 5. The second-order valence-electron chi connectivity index (χ2n) is 4.51. The first-order chi connectivity index (χ1) is 8.33. The van der Waals surface area contributed by atoms with Crippen LogP contribution in [0.3, 0.4) is 0 Å². The highest BCUT2D eigenvalue weighted by molar-refractivity contribution is 4.75. The third-order valence-electron chi connectivity index (χ3n) is 2.83. The van der Waals surface area contributed by atoms with E-state index in [-0.39, 0.29) is 6.61 Å². The Kier molecular flexibility index (Phi) is 8.56. The molecule has 1 saturated heterocycles. The molecule has 0 aromatic rings. The molecule has 1 fully saturated rings. The maximum absolute atomic E-state index is 8.53. The maximum atomic E-state index is 8.53. The van der Waals surface area contributed by atoms with Crippen LogP contribution in [0, 0.1) is 0 Å². The van der Waals surface area contributed by atoms with Crippen LogP contribution in [-0.2, 0) is 9.47 Å². The van der Waals surface area contributed by atoms with Crippen molar-refractivity contribution in [2.24, 2.45) is 0 Å². The molecule has 1 rings (SSSR count). The van der Waals surface area contributed by atoms with Crippen molar-refractivity contribution in [2.75, 3.05) is 46.1 Å². The van der Waals surface area contributed by atoms with Crippen LogP contribution >= 0.6 is 0 Å². The topological polar surface area (TPSA) is 62.8 Å². The van der Waals surface area contributed by atoms with Crippen LogP contribution in [0.15, 0.2) is 0 Å². The highest BCUT2D eigenvalue weighted by atomic mass is 16.5. The van der Waals surface area contributed by atoms with Crippen molar-refractivity contribution in [3.05, 3.63) is 0 Å². The minimum absolute atomic E-state index is 0.108. The van der Waals surface area contributed by atoms with Crippen molar-refractivity contribution < 1.29 is 14.6 Å². The van der Waals surface area contributed by atoms with E-state index < -0.39 is 0 Å². The summed E-state index contributed by atoms with van der Waals surface area (Å²) in [4.78, 5) is 0. The van der Waals surface area contributed by atoms with Crippen molar-refractivity contribution in [3.63, 3.8) is 0 Å². The minimum Gasteiger partial charge on any atom is -0.394 e. The summed E-state index contributed by atoms with van der Waals surface area (Å²) in [5.74, 6) is 0. The van der Waals surface area contributed by atoms with Crippen LogP contribution in [0.4, 0.5) is 0 Å². The van der Waals surface area contributed by atoms with Crippen molar-refractivity contribution in [2.45, 2.75) is 31.8 Å². The molecule has 0 spiro atoms. The van der Waals surface area contributed by atoms with Gasteiger partial charge in [0.05, 0.1) is 26.4 Å². The first kappa shape index (κ1) is 14.9. The van der Waals surface area contributed by atoms with Gasteiger partial charge in [0.25, 0.3) is 0 Å². The molecule has 0 aromatic heterocycles. The van der Waals surface area contributed by atoms with Gasteiger partial charge < -0.3 is 25.2 Å². The predicted molar refractivity (Wildman–Crippen MR) is 67.2 cm³/mol. The molecular weight excluding hydrogens is 220 g/mol. The summed E-state index contributed by atoms with van der Waals surface area (Å²) in [5, 5.41) is 15.5. The van der Waals surface area contributed by atoms with E-state index >= 15 is 0 Å². The monoisotopic (exact) mass is 246 g/mol. The molecule has 0 radical (unpaired) electrons. The Balaban J connectivity index is 1.91. The Labute approximate surface area is 104 Å². The highest BCUT2D eigenvalue weighted by Gasteiger charge is 2.15. The van der Waals surface area contributed by atoms with E-state index in [1.165, 1.54) is 0 Å². The van der Waals surface area contributed by atoms with E-state index in [1.807, 2.05) is 0 Å². The molecule has 1 heterocycles. The summed E-state index contributed by atoms with van der Waals surface area (Å²) >= 11 is 0. The van der Waals surface area contributed by atoms with Crippen molar-refractivity contribution in [1.29, 1.82) is 0 Å². The molecule has 1 aliphatic rings. The Morgan fingerprint density at radius 3 is 3.12 bits per heavy atom. The van der Waals surface area contributed by atoms with Gasteiger partial charge >= 0.3 is 0 Å². The lowest BCUT2D eigenvalue weighted by Crippen LogP contribution is -2.45. The number of ether oxygens (including phenoxy) is 2. The van der Waals surface area contributed by atoms with E-state index in [0.717, 1.165) is 39.1 Å². The van der Waals surface area contributed by atoms with Crippen LogP contribution < -0.4 is 10.6 Å². The number of nitrogens with one attached hydrogen (secondary N) is 2. The van der Waals surface area contributed by atoms with Crippen molar-refractivity contribution >= 4 is 0 Å². The number of hydrogen-bond donors (Lipinski definition) is 3. The number of aliphatic hydroxyl groups is 1. The van der Waals surface area contributed by atoms with E-state index in [0.29, 0.717) is 25.3 Å². The molecule has 17 heavy (non-hydrogen) atoms. The van der Waals surface area contributed by atoms with Gasteiger partial charge in [0.15, 0.2) is 0 Å². The molecule has 5 heteroatoms. The fourth-order valence-electron chi connectivity index (χ4n) is 1.97. The fourth-order valence-corrected chi connectivity index (χ4v) is 1.97. The molecule has 5 nitrogen and oxygen atoms in total. The van der Waals surface area contributed by atoms with Crippen LogP contribution in [0.5, 0.6) is 0 Å². The van der Waals surface area contributed by atoms with Gasteiger partial charge in [-0.05, 0) is 26.3 Å². The Morgan fingerprint density at radius 1 is 1.53 bits per heavy atom. The average Bonchev–Trinajstić information content (AvgIpc) is 2.35. The Bertz CT molecular complexity index is 175. The normalized spacial score (nSPS) is 22.6. The van der Waals surface area contributed by atoms with Gasteiger partial charge in [-0.15, -0.1) is 0 Å². The van der Waals surface area contributed by atoms with Gasteiger partial charge in [0, 0.05) is 25.2 Å². The lowest BCUT2D eigenvalue weighted by molar-refractivity contribution is 0.0707. The van der Waals surface area contributed by atoms with Gasteiger partial charge in [-0.2, -0.15) is 0 Å². The van der Waals surface area contributed by atoms with Gasteiger partial charge in [-0.1, -0.05) is 0 Å². The van der Waals surface area contributed by atoms with Gasteiger partial charge in [-0.25, -0.2) is 0 Å². The minimum atomic E-state index is 0.108. The molecule has 0 aromatic carbocycles. The van der Waals surface area contributed by atoms with Gasteiger partial charge in [0.1, 0.15) is 0 Å². The quantitative estimate of drug-likeness (QED) is 0.489. The van der Waals surface area contributed by atoms with E-state index in [2.05, 4.69) is 17.6 Å². The molecule has 0 bridgehead atoms. The third kappa shape index (κ3) is 7.68. The summed E-state index contributed by atoms with van der Waals surface area (Å²) in [5.41, 5.74) is 0. The lowest BCUT2D eigenvalue weighted by atomic mass is 10.1. The standard InChI is InChI=1S/C12H26N2O3/c1-11(9-12-10-17-7-4-14-12)13-3-2-6-16-8-5-15/h11-15H,2-10H2,1H3. The van der Waals surface area contributed by atoms with Crippen molar-refractivity contribution in [1.82, 2.24) is 10.6 Å². The Morgan fingerprint density at radius 2 is 2.41 bits per heavy atom. The number of morpholine rings is 1. The highest BCUT2D eigenvalue weighted by Crippen LogP contribution is 2.02. The summed E-state index contributed by atoms with van der Waals surface area (Å²) in [6.45, 7) is 7.05. The molecule has 0 amide bonds. The SMILES string of the molecule is CC(CC1COCCN1)NCCCOCCO. The van der Waals surface area contributed by atoms with Crippen molar-refractivity contribution in [3.8, 4) is 0 Å². The number of aliphatic hydroxyl groups excluding tert-OH is 1.